The highest BCUT2D eigenvalue weighted by molar-refractivity contribution is 7.26. The summed E-state index contributed by atoms with van der Waals surface area (Å²) in [5.74, 6) is 0. The van der Waals surface area contributed by atoms with E-state index < -0.39 is 0 Å². The van der Waals surface area contributed by atoms with Crippen molar-refractivity contribution in [2.75, 3.05) is 4.90 Å². The maximum atomic E-state index is 6.50. The number of hydrogen-bond acceptors (Lipinski definition) is 3. The molecular formula is C56H35NOS. The van der Waals surface area contributed by atoms with Crippen molar-refractivity contribution in [3.63, 3.8) is 0 Å². The zero-order valence-electron chi connectivity index (χ0n) is 32.0. The van der Waals surface area contributed by atoms with E-state index in [1.54, 1.807) is 0 Å². The summed E-state index contributed by atoms with van der Waals surface area (Å²) >= 11 is 1.87. The van der Waals surface area contributed by atoms with E-state index in [1.807, 2.05) is 17.4 Å². The van der Waals surface area contributed by atoms with Crippen LogP contribution in [0.15, 0.2) is 217 Å². The summed E-state index contributed by atoms with van der Waals surface area (Å²) in [5, 5.41) is 9.85. The fraction of sp³-hybridized carbons (Fsp3) is 0. The minimum absolute atomic E-state index is 0.894. The number of fused-ring (bicyclic) bond motifs is 9. The van der Waals surface area contributed by atoms with Gasteiger partial charge in [0.15, 0.2) is 0 Å². The molecule has 0 bridgehead atoms. The van der Waals surface area contributed by atoms with Crippen LogP contribution in [0, 0.1) is 0 Å². The van der Waals surface area contributed by atoms with Crippen LogP contribution < -0.4 is 4.90 Å². The van der Waals surface area contributed by atoms with Crippen molar-refractivity contribution in [1.82, 2.24) is 0 Å². The molecule has 2 nitrogen and oxygen atoms in total. The molecule has 2 heterocycles. The normalized spacial score (nSPS) is 11.7. The Morgan fingerprint density at radius 3 is 1.75 bits per heavy atom. The van der Waals surface area contributed by atoms with Gasteiger partial charge in [-0.25, -0.2) is 0 Å². The molecule has 0 aliphatic carbocycles. The van der Waals surface area contributed by atoms with Crippen LogP contribution in [0.3, 0.4) is 0 Å². The first-order chi connectivity index (χ1) is 29.2. The number of anilines is 3. The number of hydrogen-bond donors (Lipinski definition) is 0. The van der Waals surface area contributed by atoms with Crippen LogP contribution in [0.25, 0.3) is 97.0 Å². The van der Waals surface area contributed by atoms with Crippen LogP contribution in [-0.2, 0) is 0 Å². The minimum Gasteiger partial charge on any atom is -0.455 e. The monoisotopic (exact) mass is 769 g/mol. The average Bonchev–Trinajstić information content (AvgIpc) is 3.88. The van der Waals surface area contributed by atoms with E-state index in [4.69, 9.17) is 4.42 Å². The fourth-order valence-corrected chi connectivity index (χ4v) is 10.2. The van der Waals surface area contributed by atoms with E-state index in [9.17, 15) is 0 Å². The smallest absolute Gasteiger partial charge is 0.143 e. The van der Waals surface area contributed by atoms with Gasteiger partial charge in [0, 0.05) is 53.6 Å². The summed E-state index contributed by atoms with van der Waals surface area (Å²) in [4.78, 5) is 2.38. The van der Waals surface area contributed by atoms with Crippen LogP contribution in [0.1, 0.15) is 0 Å². The molecule has 0 aliphatic rings. The first-order valence-corrected chi connectivity index (χ1v) is 20.9. The van der Waals surface area contributed by atoms with E-state index in [-0.39, 0.29) is 0 Å². The van der Waals surface area contributed by atoms with Crippen molar-refractivity contribution in [2.45, 2.75) is 0 Å². The molecule has 0 saturated carbocycles. The van der Waals surface area contributed by atoms with E-state index in [0.717, 1.165) is 61.3 Å². The largest absolute Gasteiger partial charge is 0.455 e. The Balaban J connectivity index is 0.959. The average molecular weight is 770 g/mol. The number of benzene rings is 10. The van der Waals surface area contributed by atoms with Gasteiger partial charge in [-0.1, -0.05) is 158 Å². The Bertz CT molecular complexity index is 3540. The summed E-state index contributed by atoms with van der Waals surface area (Å²) < 4.78 is 9.15. The Hall–Kier alpha value is -7.46. The molecule has 0 unspecified atom stereocenters. The van der Waals surface area contributed by atoms with Crippen LogP contribution in [0.4, 0.5) is 17.1 Å². The zero-order chi connectivity index (χ0) is 38.9. The lowest BCUT2D eigenvalue weighted by molar-refractivity contribution is 0.670. The Kier molecular flexibility index (Phi) is 7.75. The molecule has 0 aliphatic heterocycles. The van der Waals surface area contributed by atoms with Gasteiger partial charge in [-0.05, 0) is 104 Å². The van der Waals surface area contributed by atoms with Crippen LogP contribution in [0.5, 0.6) is 0 Å². The molecule has 276 valence electrons. The Morgan fingerprint density at radius 2 is 0.932 bits per heavy atom. The van der Waals surface area contributed by atoms with Crippen LogP contribution in [-0.4, -0.2) is 0 Å². The second-order valence-electron chi connectivity index (χ2n) is 15.3. The predicted octanol–water partition coefficient (Wildman–Crippen LogP) is 16.7. The summed E-state index contributed by atoms with van der Waals surface area (Å²) in [6.45, 7) is 0. The molecule has 0 spiro atoms. The number of furan rings is 1. The van der Waals surface area contributed by atoms with Gasteiger partial charge in [-0.15, -0.1) is 11.3 Å². The third kappa shape index (κ3) is 5.62. The molecule has 10 aromatic carbocycles. The van der Waals surface area contributed by atoms with E-state index in [2.05, 4.69) is 211 Å². The minimum atomic E-state index is 0.894. The first-order valence-electron chi connectivity index (χ1n) is 20.1. The molecule has 0 fully saturated rings. The predicted molar refractivity (Wildman–Crippen MR) is 253 cm³/mol. The van der Waals surface area contributed by atoms with Crippen molar-refractivity contribution in [3.05, 3.63) is 212 Å². The lowest BCUT2D eigenvalue weighted by Gasteiger charge is -2.26. The molecule has 0 saturated heterocycles. The highest BCUT2D eigenvalue weighted by Gasteiger charge is 2.17. The molecule has 12 aromatic rings. The summed E-state index contributed by atoms with van der Waals surface area (Å²) in [6.07, 6.45) is 0. The van der Waals surface area contributed by atoms with Crippen molar-refractivity contribution in [1.29, 1.82) is 0 Å². The summed E-state index contributed by atoms with van der Waals surface area (Å²) in [5.41, 5.74) is 12.2. The molecule has 12 rings (SSSR count). The van der Waals surface area contributed by atoms with E-state index in [0.29, 0.717) is 0 Å². The van der Waals surface area contributed by atoms with Crippen molar-refractivity contribution in [3.8, 4) is 33.4 Å². The quantitative estimate of drug-likeness (QED) is 0.157. The fourth-order valence-electron chi connectivity index (χ4n) is 8.97. The zero-order valence-corrected chi connectivity index (χ0v) is 32.8. The van der Waals surface area contributed by atoms with Gasteiger partial charge in [0.1, 0.15) is 11.2 Å². The molecule has 2 aromatic heterocycles. The number of nitrogens with zero attached hydrogens (tertiary/aromatic N) is 1. The summed E-state index contributed by atoms with van der Waals surface area (Å²) in [7, 11) is 0. The second kappa shape index (κ2) is 13.6. The molecule has 0 radical (unpaired) electrons. The molecule has 0 N–H and O–H groups in total. The Labute approximate surface area is 345 Å². The van der Waals surface area contributed by atoms with Gasteiger partial charge in [0.05, 0.1) is 0 Å². The SMILES string of the molecule is c1ccc(-c2cccc3c2oc2ccc(-c4ccc(N(c5ccc(-c6cccc7c6sc6ccccc67)cc5)c5ccc6ccc7ccccc7c6c5)cc4)cc23)cc1. The topological polar surface area (TPSA) is 16.4 Å². The van der Waals surface area contributed by atoms with Crippen LogP contribution in [0.2, 0.25) is 0 Å². The molecule has 59 heavy (non-hydrogen) atoms. The number of rotatable bonds is 6. The van der Waals surface area contributed by atoms with Crippen LogP contribution >= 0.6 is 11.3 Å². The first kappa shape index (κ1) is 33.7. The third-order valence-electron chi connectivity index (χ3n) is 11.9. The maximum Gasteiger partial charge on any atom is 0.143 e. The van der Waals surface area contributed by atoms with Crippen molar-refractivity contribution < 1.29 is 4.42 Å². The van der Waals surface area contributed by atoms with E-state index >= 15 is 0 Å². The Morgan fingerprint density at radius 1 is 0.339 bits per heavy atom. The molecule has 3 heteroatoms. The molecular weight excluding hydrogens is 735 g/mol. The third-order valence-corrected chi connectivity index (χ3v) is 13.1. The lowest BCUT2D eigenvalue weighted by atomic mass is 9.99. The maximum absolute atomic E-state index is 6.50. The highest BCUT2D eigenvalue weighted by atomic mass is 32.1. The highest BCUT2D eigenvalue weighted by Crippen LogP contribution is 2.43. The lowest BCUT2D eigenvalue weighted by Crippen LogP contribution is -2.09. The number of thiophene rings is 1. The summed E-state index contributed by atoms with van der Waals surface area (Å²) in [6, 6.07) is 76.9. The van der Waals surface area contributed by atoms with Crippen molar-refractivity contribution >= 4 is 92.1 Å². The van der Waals surface area contributed by atoms with Gasteiger partial charge in [0.25, 0.3) is 0 Å². The van der Waals surface area contributed by atoms with Gasteiger partial charge >= 0.3 is 0 Å². The van der Waals surface area contributed by atoms with Gasteiger partial charge < -0.3 is 9.32 Å². The van der Waals surface area contributed by atoms with Crippen molar-refractivity contribution in [2.24, 2.45) is 0 Å². The van der Waals surface area contributed by atoms with Gasteiger partial charge in [0.2, 0.25) is 0 Å². The number of para-hydroxylation sites is 1. The van der Waals surface area contributed by atoms with Gasteiger partial charge in [-0.3, -0.25) is 0 Å². The molecule has 0 amide bonds. The van der Waals surface area contributed by atoms with E-state index in [1.165, 1.54) is 52.8 Å². The molecule has 0 atom stereocenters. The standard InChI is InChI=1S/C56H35NOS/c1-2-10-37(11-3-1)46-15-8-17-49-52-34-41(27-33-53(52)58-55(46)49)36-22-28-42(29-23-36)57(44-32-26-40-21-20-38-12-4-5-13-45(38)51(40)35-44)43-30-24-39(25-31-43)47-16-9-18-50-48-14-6-7-19-54(48)59-56(47)50/h1-35H. The van der Waals surface area contributed by atoms with Gasteiger partial charge in [-0.2, -0.15) is 0 Å². The second-order valence-corrected chi connectivity index (χ2v) is 16.3.